The monoisotopic (exact) mass is 281 g/mol. The summed E-state index contributed by atoms with van der Waals surface area (Å²) in [5.41, 5.74) is 0.584. The Hall–Kier alpha value is -0.0800. The Kier molecular flexibility index (Phi) is 6.35. The number of ether oxygens (including phenoxy) is 1. The highest BCUT2D eigenvalue weighted by Crippen LogP contribution is 2.40. The molecule has 1 heterocycles. The first kappa shape index (κ1) is 16.3. The Morgan fingerprint density at radius 2 is 1.95 bits per heavy atom. The highest BCUT2D eigenvalue weighted by atomic mass is 16.5. The van der Waals surface area contributed by atoms with Crippen LogP contribution in [0.1, 0.15) is 78.6 Å². The summed E-state index contributed by atoms with van der Waals surface area (Å²) < 4.78 is 5.80. The summed E-state index contributed by atoms with van der Waals surface area (Å²) in [5.74, 6) is 0.899. The van der Waals surface area contributed by atoms with Gasteiger partial charge in [-0.2, -0.15) is 0 Å². The molecule has 118 valence electrons. The quantitative estimate of drug-likeness (QED) is 0.740. The van der Waals surface area contributed by atoms with Crippen LogP contribution in [0, 0.1) is 11.3 Å². The molecule has 0 aromatic carbocycles. The Bertz CT molecular complexity index is 261. The Morgan fingerprint density at radius 3 is 2.55 bits per heavy atom. The van der Waals surface area contributed by atoms with Gasteiger partial charge in [0.25, 0.3) is 0 Å². The molecule has 0 amide bonds. The molecule has 2 aliphatic rings. The zero-order chi connectivity index (χ0) is 14.4. The molecule has 0 radical (unpaired) electrons. The van der Waals surface area contributed by atoms with Gasteiger partial charge >= 0.3 is 0 Å². The molecule has 2 heteroatoms. The van der Waals surface area contributed by atoms with Crippen molar-refractivity contribution in [3.63, 3.8) is 0 Å². The zero-order valence-corrected chi connectivity index (χ0v) is 13.9. The van der Waals surface area contributed by atoms with Crippen molar-refractivity contribution in [1.82, 2.24) is 5.32 Å². The topological polar surface area (TPSA) is 21.3 Å². The van der Waals surface area contributed by atoms with Crippen LogP contribution in [0.4, 0.5) is 0 Å². The van der Waals surface area contributed by atoms with Crippen molar-refractivity contribution in [1.29, 1.82) is 0 Å². The van der Waals surface area contributed by atoms with Gasteiger partial charge in [-0.25, -0.2) is 0 Å². The van der Waals surface area contributed by atoms with Gasteiger partial charge in [-0.05, 0) is 75.7 Å². The van der Waals surface area contributed by atoms with Crippen LogP contribution in [0.15, 0.2) is 0 Å². The lowest BCUT2D eigenvalue weighted by atomic mass is 9.70. The van der Waals surface area contributed by atoms with Crippen molar-refractivity contribution in [3.05, 3.63) is 0 Å². The second kappa shape index (κ2) is 7.79. The number of hydrogen-bond donors (Lipinski definition) is 1. The molecule has 0 spiro atoms. The number of rotatable bonds is 7. The third-order valence-corrected chi connectivity index (χ3v) is 5.43. The SMILES string of the molecule is CCCNC(CCC1CCCO1)C1CCC(C)(C)CC1. The Labute approximate surface area is 126 Å². The molecule has 2 atom stereocenters. The molecular formula is C18H35NO. The van der Waals surface area contributed by atoms with E-state index in [1.165, 1.54) is 64.3 Å². The first-order valence-electron chi connectivity index (χ1n) is 8.96. The summed E-state index contributed by atoms with van der Waals surface area (Å²) >= 11 is 0. The maximum atomic E-state index is 5.80. The molecule has 2 nitrogen and oxygen atoms in total. The molecule has 1 saturated carbocycles. The van der Waals surface area contributed by atoms with Gasteiger partial charge in [0, 0.05) is 12.6 Å². The lowest BCUT2D eigenvalue weighted by molar-refractivity contribution is 0.0916. The third kappa shape index (κ3) is 5.04. The fraction of sp³-hybridized carbons (Fsp3) is 1.00. The molecule has 2 unspecified atom stereocenters. The predicted octanol–water partition coefficient (Wildman–Crippen LogP) is 4.53. The molecule has 1 aliphatic carbocycles. The fourth-order valence-electron chi connectivity index (χ4n) is 3.90. The highest BCUT2D eigenvalue weighted by molar-refractivity contribution is 4.86. The summed E-state index contributed by atoms with van der Waals surface area (Å²) in [6.45, 7) is 9.31. The minimum atomic E-state index is 0.556. The first-order chi connectivity index (χ1) is 9.61. The van der Waals surface area contributed by atoms with E-state index in [9.17, 15) is 0 Å². The second-order valence-corrected chi connectivity index (χ2v) is 7.77. The van der Waals surface area contributed by atoms with E-state index in [4.69, 9.17) is 4.74 Å². The smallest absolute Gasteiger partial charge is 0.0576 e. The maximum absolute atomic E-state index is 5.80. The normalized spacial score (nSPS) is 28.6. The van der Waals surface area contributed by atoms with Crippen LogP contribution in [0.3, 0.4) is 0 Å². The standard InChI is InChI=1S/C18H35NO/c1-4-13-19-17(8-7-16-6-5-14-20-16)15-9-11-18(2,3)12-10-15/h15-17,19H,4-14H2,1-3H3. The molecule has 0 aromatic rings. The highest BCUT2D eigenvalue weighted by Gasteiger charge is 2.31. The molecular weight excluding hydrogens is 246 g/mol. The molecule has 0 aromatic heterocycles. The van der Waals surface area contributed by atoms with Crippen molar-refractivity contribution in [2.24, 2.45) is 11.3 Å². The van der Waals surface area contributed by atoms with Gasteiger partial charge in [0.15, 0.2) is 0 Å². The van der Waals surface area contributed by atoms with Crippen LogP contribution in [0.25, 0.3) is 0 Å². The summed E-state index contributed by atoms with van der Waals surface area (Å²) in [4.78, 5) is 0. The van der Waals surface area contributed by atoms with Gasteiger partial charge in [-0.15, -0.1) is 0 Å². The van der Waals surface area contributed by atoms with E-state index in [0.29, 0.717) is 11.5 Å². The van der Waals surface area contributed by atoms with Crippen molar-refractivity contribution >= 4 is 0 Å². The zero-order valence-electron chi connectivity index (χ0n) is 13.9. The summed E-state index contributed by atoms with van der Waals surface area (Å²) in [6.07, 6.45) is 12.6. The van der Waals surface area contributed by atoms with Crippen LogP contribution in [-0.4, -0.2) is 25.3 Å². The van der Waals surface area contributed by atoms with Gasteiger partial charge in [0.05, 0.1) is 6.10 Å². The molecule has 20 heavy (non-hydrogen) atoms. The van der Waals surface area contributed by atoms with E-state index >= 15 is 0 Å². The van der Waals surface area contributed by atoms with Gasteiger partial charge in [0.2, 0.25) is 0 Å². The molecule has 1 aliphatic heterocycles. The van der Waals surface area contributed by atoms with Crippen molar-refractivity contribution < 1.29 is 4.74 Å². The fourth-order valence-corrected chi connectivity index (χ4v) is 3.90. The average Bonchev–Trinajstić information content (AvgIpc) is 2.93. The largest absolute Gasteiger partial charge is 0.378 e. The van der Waals surface area contributed by atoms with Crippen molar-refractivity contribution in [2.45, 2.75) is 90.7 Å². The van der Waals surface area contributed by atoms with Crippen LogP contribution < -0.4 is 5.32 Å². The Morgan fingerprint density at radius 1 is 1.20 bits per heavy atom. The van der Waals surface area contributed by atoms with Crippen molar-refractivity contribution in [2.75, 3.05) is 13.2 Å². The van der Waals surface area contributed by atoms with Crippen LogP contribution in [0.5, 0.6) is 0 Å². The van der Waals surface area contributed by atoms with E-state index in [0.717, 1.165) is 18.6 Å². The van der Waals surface area contributed by atoms with Crippen LogP contribution in [-0.2, 0) is 4.74 Å². The van der Waals surface area contributed by atoms with Gasteiger partial charge in [0.1, 0.15) is 0 Å². The Balaban J connectivity index is 1.79. The predicted molar refractivity (Wildman–Crippen MR) is 86.0 cm³/mol. The van der Waals surface area contributed by atoms with Crippen LogP contribution >= 0.6 is 0 Å². The van der Waals surface area contributed by atoms with Gasteiger partial charge < -0.3 is 10.1 Å². The van der Waals surface area contributed by atoms with Crippen LogP contribution in [0.2, 0.25) is 0 Å². The minimum Gasteiger partial charge on any atom is -0.378 e. The maximum Gasteiger partial charge on any atom is 0.0576 e. The number of nitrogens with one attached hydrogen (secondary N) is 1. The number of hydrogen-bond acceptors (Lipinski definition) is 2. The molecule has 2 rings (SSSR count). The molecule has 0 bridgehead atoms. The first-order valence-corrected chi connectivity index (χ1v) is 8.96. The van der Waals surface area contributed by atoms with Crippen molar-refractivity contribution in [3.8, 4) is 0 Å². The van der Waals surface area contributed by atoms with E-state index < -0.39 is 0 Å². The molecule has 1 saturated heterocycles. The van der Waals surface area contributed by atoms with E-state index in [1.807, 2.05) is 0 Å². The summed E-state index contributed by atoms with van der Waals surface area (Å²) in [6, 6.07) is 0.732. The lowest BCUT2D eigenvalue weighted by Gasteiger charge is -2.38. The average molecular weight is 281 g/mol. The molecule has 2 fully saturated rings. The van der Waals surface area contributed by atoms with E-state index in [-0.39, 0.29) is 0 Å². The minimum absolute atomic E-state index is 0.556. The van der Waals surface area contributed by atoms with E-state index in [1.54, 1.807) is 0 Å². The summed E-state index contributed by atoms with van der Waals surface area (Å²) in [5, 5.41) is 3.83. The summed E-state index contributed by atoms with van der Waals surface area (Å²) in [7, 11) is 0. The van der Waals surface area contributed by atoms with Gasteiger partial charge in [-0.1, -0.05) is 20.8 Å². The van der Waals surface area contributed by atoms with E-state index in [2.05, 4.69) is 26.1 Å². The van der Waals surface area contributed by atoms with Gasteiger partial charge in [-0.3, -0.25) is 0 Å². The second-order valence-electron chi connectivity index (χ2n) is 7.77. The lowest BCUT2D eigenvalue weighted by Crippen LogP contribution is -2.40. The molecule has 1 N–H and O–H groups in total. The third-order valence-electron chi connectivity index (χ3n) is 5.43.